The van der Waals surface area contributed by atoms with Crippen molar-refractivity contribution in [3.8, 4) is 6.07 Å². The highest BCUT2D eigenvalue weighted by atomic mass is 19.1. The summed E-state index contributed by atoms with van der Waals surface area (Å²) in [6.45, 7) is 5.79. The molecule has 1 aliphatic carbocycles. The highest BCUT2D eigenvalue weighted by molar-refractivity contribution is 5.78. The zero-order valence-corrected chi connectivity index (χ0v) is 23.4. The number of hydrogen-bond donors (Lipinski definition) is 2. The van der Waals surface area contributed by atoms with Gasteiger partial charge in [0.1, 0.15) is 30.6 Å². The van der Waals surface area contributed by atoms with E-state index in [1.54, 1.807) is 0 Å². The van der Waals surface area contributed by atoms with Gasteiger partial charge in [-0.2, -0.15) is 5.26 Å². The second-order valence-electron chi connectivity index (χ2n) is 12.7. The Morgan fingerprint density at radius 2 is 2.20 bits per heavy atom. The van der Waals surface area contributed by atoms with Gasteiger partial charge in [-0.25, -0.2) is 9.38 Å². The number of nitrogen functional groups attached to an aromatic ring is 1. The first kappa shape index (κ1) is 26.2. The van der Waals surface area contributed by atoms with Crippen molar-refractivity contribution < 1.29 is 18.6 Å². The summed E-state index contributed by atoms with van der Waals surface area (Å²) in [4.78, 5) is 9.53. The topological polar surface area (TPSA) is 108 Å². The number of nitrogens with one attached hydrogen (secondary N) is 1. The second kappa shape index (κ2) is 9.69. The van der Waals surface area contributed by atoms with Crippen LogP contribution in [0.2, 0.25) is 0 Å². The van der Waals surface area contributed by atoms with Crippen LogP contribution in [-0.2, 0) is 19.8 Å². The van der Waals surface area contributed by atoms with Gasteiger partial charge in [0.15, 0.2) is 0 Å². The fourth-order valence-corrected chi connectivity index (χ4v) is 7.89. The van der Waals surface area contributed by atoms with Gasteiger partial charge in [0.2, 0.25) is 0 Å². The van der Waals surface area contributed by atoms with Crippen molar-refractivity contribution in [2.24, 2.45) is 4.99 Å². The molecule has 6 aliphatic rings. The molecule has 3 saturated heterocycles. The third-order valence-corrected chi connectivity index (χ3v) is 10.3. The molecule has 5 atom stereocenters. The summed E-state index contributed by atoms with van der Waals surface area (Å²) in [5.74, 6) is 0.323. The third kappa shape index (κ3) is 4.04. The van der Waals surface area contributed by atoms with Gasteiger partial charge in [0.05, 0.1) is 37.0 Å². The molecule has 1 aromatic rings. The zero-order valence-electron chi connectivity index (χ0n) is 23.4. The molecule has 0 bridgehead atoms. The fraction of sp³-hybridized carbons (Fsp3) is 0.667. The lowest BCUT2D eigenvalue weighted by molar-refractivity contribution is -0.0839. The summed E-state index contributed by atoms with van der Waals surface area (Å²) < 4.78 is 33.1. The molecule has 0 aromatic heterocycles. The summed E-state index contributed by atoms with van der Waals surface area (Å²) >= 11 is 0. The smallest absolute Gasteiger partial charge is 0.290 e. The van der Waals surface area contributed by atoms with E-state index < -0.39 is 11.8 Å². The number of ether oxygens (including phenoxy) is 3. The van der Waals surface area contributed by atoms with Crippen molar-refractivity contribution >= 4 is 11.7 Å². The molecule has 5 unspecified atom stereocenters. The maximum absolute atomic E-state index is 14.4. The number of nitriles is 1. The molecule has 0 radical (unpaired) electrons. The lowest BCUT2D eigenvalue weighted by Gasteiger charge is -2.48. The first-order valence-corrected chi connectivity index (χ1v) is 14.7. The predicted molar refractivity (Wildman–Crippen MR) is 148 cm³/mol. The molecule has 0 amide bonds. The summed E-state index contributed by atoms with van der Waals surface area (Å²) in [5, 5.41) is 13.7. The molecular weight excluding hydrogens is 511 g/mol. The Kier molecular flexibility index (Phi) is 6.35. The monoisotopic (exact) mass is 550 g/mol. The van der Waals surface area contributed by atoms with Gasteiger partial charge in [-0.05, 0) is 56.8 Å². The average Bonchev–Trinajstić information content (AvgIpc) is 3.43. The quantitative estimate of drug-likeness (QED) is 0.551. The second-order valence-corrected chi connectivity index (χ2v) is 12.7. The molecule has 0 saturated carbocycles. The average molecular weight is 551 g/mol. The predicted octanol–water partition coefficient (Wildman–Crippen LogP) is 3.12. The van der Waals surface area contributed by atoms with Crippen LogP contribution in [0.4, 0.5) is 10.1 Å². The summed E-state index contributed by atoms with van der Waals surface area (Å²) in [6, 6.07) is 7.04. The third-order valence-electron chi connectivity index (χ3n) is 10.3. The first-order chi connectivity index (χ1) is 19.3. The number of benzene rings is 1. The molecule has 5 heterocycles. The number of nitrogens with two attached hydrogens (primary N) is 1. The van der Waals surface area contributed by atoms with Gasteiger partial charge in [-0.1, -0.05) is 13.0 Å². The van der Waals surface area contributed by atoms with Gasteiger partial charge in [0, 0.05) is 41.9 Å². The Balaban J connectivity index is 1.21. The van der Waals surface area contributed by atoms with E-state index >= 15 is 0 Å². The SMILES string of the molecule is CC1CCC2(CC3=C(CO2)C(N(C)C2COC2)N=C(OCC24CCCN2CC(F)C4)N3)c2c1ccc(N)c2C#N. The van der Waals surface area contributed by atoms with Crippen LogP contribution < -0.4 is 11.1 Å². The van der Waals surface area contributed by atoms with Gasteiger partial charge < -0.3 is 25.3 Å². The van der Waals surface area contributed by atoms with E-state index in [2.05, 4.69) is 41.2 Å². The van der Waals surface area contributed by atoms with Gasteiger partial charge in [-0.3, -0.25) is 9.80 Å². The Labute approximate surface area is 235 Å². The van der Waals surface area contributed by atoms with E-state index in [9.17, 15) is 9.65 Å². The zero-order chi connectivity index (χ0) is 27.6. The molecule has 40 heavy (non-hydrogen) atoms. The highest BCUT2D eigenvalue weighted by Gasteiger charge is 2.51. The molecule has 1 spiro atoms. The standard InChI is InChI=1S/C30H39FN6O3/c1-18-6-8-30(26-21(18)4-5-24(33)22(26)12-32)11-25-23(16-40-30)27(36(2)20-14-38-15-20)35-28(34-25)39-17-29-7-3-9-37(29)13-19(31)10-29/h4-5,18-20,27H,3,6-11,13-17,33H2,1-2H3,(H,34,35). The number of hydrogen-bond acceptors (Lipinski definition) is 9. The normalized spacial score (nSPS) is 35.5. The molecule has 10 heteroatoms. The Hall–Kier alpha value is -2.71. The van der Waals surface area contributed by atoms with E-state index in [0.29, 0.717) is 69.0 Å². The minimum atomic E-state index is -0.803. The molecule has 5 aliphatic heterocycles. The number of fused-ring (bicyclic) bond motifs is 3. The Bertz CT molecular complexity index is 1310. The van der Waals surface area contributed by atoms with E-state index in [1.165, 1.54) is 0 Å². The first-order valence-electron chi connectivity index (χ1n) is 14.7. The van der Waals surface area contributed by atoms with E-state index in [-0.39, 0.29) is 17.7 Å². The van der Waals surface area contributed by atoms with E-state index in [0.717, 1.165) is 54.6 Å². The summed E-state index contributed by atoms with van der Waals surface area (Å²) in [5.41, 5.74) is 10.6. The minimum absolute atomic E-state index is 0.245. The lowest BCUT2D eigenvalue weighted by Crippen LogP contribution is -2.56. The van der Waals surface area contributed by atoms with Crippen molar-refractivity contribution in [2.45, 2.75) is 80.9 Å². The largest absolute Gasteiger partial charge is 0.463 e. The van der Waals surface area contributed by atoms with Crippen LogP contribution in [-0.4, -0.2) is 86.3 Å². The molecular formula is C30H39FN6O3. The van der Waals surface area contributed by atoms with Crippen molar-refractivity contribution in [1.82, 2.24) is 15.1 Å². The van der Waals surface area contributed by atoms with Crippen molar-refractivity contribution in [2.75, 3.05) is 52.3 Å². The van der Waals surface area contributed by atoms with Crippen LogP contribution in [0.3, 0.4) is 0 Å². The maximum Gasteiger partial charge on any atom is 0.290 e. The van der Waals surface area contributed by atoms with Crippen LogP contribution in [0.1, 0.15) is 68.1 Å². The summed E-state index contributed by atoms with van der Waals surface area (Å²) in [6.07, 6.45) is 3.83. The molecule has 9 nitrogen and oxygen atoms in total. The van der Waals surface area contributed by atoms with Crippen LogP contribution in [0, 0.1) is 11.3 Å². The minimum Gasteiger partial charge on any atom is -0.463 e. The number of rotatable bonds is 4. The maximum atomic E-state index is 14.4. The van der Waals surface area contributed by atoms with Crippen LogP contribution in [0.15, 0.2) is 28.4 Å². The van der Waals surface area contributed by atoms with Crippen LogP contribution in [0.5, 0.6) is 0 Å². The van der Waals surface area contributed by atoms with Crippen LogP contribution >= 0.6 is 0 Å². The molecule has 1 aromatic carbocycles. The summed E-state index contributed by atoms with van der Waals surface area (Å²) in [7, 11) is 2.08. The Morgan fingerprint density at radius 1 is 1.35 bits per heavy atom. The van der Waals surface area contributed by atoms with E-state index in [4.69, 9.17) is 24.9 Å². The number of anilines is 1. The van der Waals surface area contributed by atoms with Gasteiger partial charge in [0.25, 0.3) is 6.02 Å². The molecule has 3 N–H and O–H groups in total. The number of amidine groups is 1. The van der Waals surface area contributed by atoms with Crippen LogP contribution in [0.25, 0.3) is 0 Å². The number of likely N-dealkylation sites (N-methyl/N-ethyl adjacent to an activating group) is 1. The van der Waals surface area contributed by atoms with Crippen molar-refractivity contribution in [3.63, 3.8) is 0 Å². The number of nitrogens with zero attached hydrogens (tertiary/aromatic N) is 4. The van der Waals surface area contributed by atoms with Gasteiger partial charge >= 0.3 is 0 Å². The number of alkyl halides is 1. The number of halogens is 1. The van der Waals surface area contributed by atoms with Crippen molar-refractivity contribution in [3.05, 3.63) is 40.1 Å². The van der Waals surface area contributed by atoms with E-state index in [1.807, 2.05) is 6.07 Å². The lowest BCUT2D eigenvalue weighted by atomic mass is 9.69. The van der Waals surface area contributed by atoms with Crippen molar-refractivity contribution in [1.29, 1.82) is 5.26 Å². The van der Waals surface area contributed by atoms with Gasteiger partial charge in [-0.15, -0.1) is 0 Å². The highest BCUT2D eigenvalue weighted by Crippen LogP contribution is 2.52. The Morgan fingerprint density at radius 3 is 2.98 bits per heavy atom. The molecule has 214 valence electrons. The molecule has 7 rings (SSSR count). The fourth-order valence-electron chi connectivity index (χ4n) is 7.89. The molecule has 3 fully saturated rings. The number of aliphatic imine (C=N–C) groups is 1.